The molecule has 1 saturated carbocycles. The Morgan fingerprint density at radius 1 is 1.32 bits per heavy atom. The van der Waals surface area contributed by atoms with Crippen LogP contribution >= 0.6 is 15.9 Å². The minimum absolute atomic E-state index is 0.0762. The molecule has 1 fully saturated rings. The fraction of sp³-hybridized carbons (Fsp3) is 0.500. The Morgan fingerprint density at radius 2 is 1.95 bits per heavy atom. The quantitative estimate of drug-likeness (QED) is 0.726. The van der Waals surface area contributed by atoms with Gasteiger partial charge >= 0.3 is 12.0 Å². The van der Waals surface area contributed by atoms with Gasteiger partial charge in [-0.2, -0.15) is 0 Å². The van der Waals surface area contributed by atoms with E-state index >= 15 is 0 Å². The van der Waals surface area contributed by atoms with E-state index in [0.29, 0.717) is 19.5 Å². The molecule has 0 unspecified atom stereocenters. The molecule has 0 saturated heterocycles. The van der Waals surface area contributed by atoms with Gasteiger partial charge in [-0.15, -0.1) is 0 Å². The van der Waals surface area contributed by atoms with Gasteiger partial charge in [-0.05, 0) is 37.0 Å². The average molecular weight is 369 g/mol. The van der Waals surface area contributed by atoms with Gasteiger partial charge in [-0.3, -0.25) is 4.79 Å². The maximum Gasteiger partial charge on any atom is 0.317 e. The molecular weight excluding hydrogens is 348 g/mol. The van der Waals surface area contributed by atoms with E-state index in [0.717, 1.165) is 17.3 Å². The lowest BCUT2D eigenvalue weighted by atomic mass is 9.95. The number of amides is 2. The maximum absolute atomic E-state index is 12.0. The number of halogens is 1. The van der Waals surface area contributed by atoms with Crippen molar-refractivity contribution in [3.8, 4) is 0 Å². The van der Waals surface area contributed by atoms with Crippen LogP contribution in [0, 0.1) is 0 Å². The number of nitrogens with one attached hydrogen (secondary N) is 1. The summed E-state index contributed by atoms with van der Waals surface area (Å²) in [5.41, 5.74) is 1.34. The molecule has 0 radical (unpaired) electrons. The molecule has 6 heteroatoms. The van der Waals surface area contributed by atoms with E-state index < -0.39 is 5.97 Å². The highest BCUT2D eigenvalue weighted by Crippen LogP contribution is 2.48. The van der Waals surface area contributed by atoms with Crippen LogP contribution in [0.25, 0.3) is 0 Å². The molecule has 0 atom stereocenters. The number of hydrogen-bond donors (Lipinski definition) is 2. The zero-order valence-corrected chi connectivity index (χ0v) is 14.2. The second-order valence-electron chi connectivity index (χ2n) is 5.87. The zero-order chi connectivity index (χ0) is 16.2. The Kier molecular flexibility index (Phi) is 5.45. The topological polar surface area (TPSA) is 69.6 Å². The van der Waals surface area contributed by atoms with Crippen molar-refractivity contribution in [2.24, 2.45) is 0 Å². The number of carboxylic acid groups (broad SMARTS) is 1. The molecule has 1 aromatic carbocycles. The molecule has 1 aliphatic rings. The Labute approximate surface area is 138 Å². The van der Waals surface area contributed by atoms with Gasteiger partial charge in [0.15, 0.2) is 0 Å². The number of carbonyl (C=O) groups excluding carboxylic acids is 1. The third-order valence-electron chi connectivity index (χ3n) is 4.04. The molecule has 5 nitrogen and oxygen atoms in total. The third kappa shape index (κ3) is 4.47. The van der Waals surface area contributed by atoms with Crippen molar-refractivity contribution in [2.75, 3.05) is 20.1 Å². The maximum atomic E-state index is 12.0. The Hall–Kier alpha value is -1.56. The summed E-state index contributed by atoms with van der Waals surface area (Å²) in [6, 6.07) is 8.13. The Morgan fingerprint density at radius 3 is 2.50 bits per heavy atom. The highest BCUT2D eigenvalue weighted by Gasteiger charge is 2.45. The van der Waals surface area contributed by atoms with Crippen molar-refractivity contribution in [1.82, 2.24) is 10.2 Å². The van der Waals surface area contributed by atoms with Gasteiger partial charge in [0.05, 0.1) is 0 Å². The molecule has 0 spiro atoms. The van der Waals surface area contributed by atoms with Crippen molar-refractivity contribution < 1.29 is 14.7 Å². The van der Waals surface area contributed by atoms with E-state index in [-0.39, 0.29) is 17.9 Å². The summed E-state index contributed by atoms with van der Waals surface area (Å²) in [5.74, 6) is -0.838. The van der Waals surface area contributed by atoms with Crippen LogP contribution in [0.2, 0.25) is 0 Å². The molecule has 2 amide bonds. The van der Waals surface area contributed by atoms with Crippen molar-refractivity contribution in [2.45, 2.75) is 31.1 Å². The molecule has 0 aliphatic heterocycles. The predicted octanol–water partition coefficient (Wildman–Crippen LogP) is 2.99. The Bertz CT molecular complexity index is 541. The van der Waals surface area contributed by atoms with E-state index in [1.807, 2.05) is 12.1 Å². The highest BCUT2D eigenvalue weighted by atomic mass is 79.9. The molecule has 0 bridgehead atoms. The third-order valence-corrected chi connectivity index (χ3v) is 4.57. The molecule has 2 N–H and O–H groups in total. The first-order valence-electron chi connectivity index (χ1n) is 7.40. The van der Waals surface area contributed by atoms with Crippen LogP contribution in [-0.2, 0) is 10.2 Å². The smallest absolute Gasteiger partial charge is 0.317 e. The van der Waals surface area contributed by atoms with Crippen LogP contribution in [-0.4, -0.2) is 42.1 Å². The minimum Gasteiger partial charge on any atom is -0.481 e. The van der Waals surface area contributed by atoms with Gasteiger partial charge in [0, 0.05) is 36.4 Å². The first-order chi connectivity index (χ1) is 10.4. The number of aliphatic carboxylic acids is 1. The second kappa shape index (κ2) is 7.13. The van der Waals surface area contributed by atoms with Crippen LogP contribution in [0.4, 0.5) is 4.79 Å². The van der Waals surface area contributed by atoms with Gasteiger partial charge in [0.25, 0.3) is 0 Å². The van der Waals surface area contributed by atoms with E-state index in [2.05, 4.69) is 33.4 Å². The SMILES string of the molecule is CN(CC1(c2ccc(Br)cc2)CC1)C(=O)NCCCC(=O)O. The number of carboxylic acids is 1. The fourth-order valence-corrected chi connectivity index (χ4v) is 2.85. The van der Waals surface area contributed by atoms with E-state index in [1.165, 1.54) is 5.56 Å². The molecule has 0 aromatic heterocycles. The van der Waals surface area contributed by atoms with Gasteiger partial charge in [0.1, 0.15) is 0 Å². The molecule has 0 heterocycles. The van der Waals surface area contributed by atoms with Crippen LogP contribution in [0.5, 0.6) is 0 Å². The normalized spacial score (nSPS) is 15.2. The predicted molar refractivity (Wildman–Crippen MR) is 88.0 cm³/mol. The number of nitrogens with zero attached hydrogens (tertiary/aromatic N) is 1. The summed E-state index contributed by atoms with van der Waals surface area (Å²) >= 11 is 3.44. The van der Waals surface area contributed by atoms with E-state index in [1.54, 1.807) is 11.9 Å². The van der Waals surface area contributed by atoms with Crippen molar-refractivity contribution in [1.29, 1.82) is 0 Å². The number of benzene rings is 1. The average Bonchev–Trinajstić information content (AvgIpc) is 3.24. The largest absolute Gasteiger partial charge is 0.481 e. The van der Waals surface area contributed by atoms with Crippen LogP contribution in [0.15, 0.2) is 28.7 Å². The molecule has 2 rings (SSSR count). The summed E-state index contributed by atoms with van der Waals surface area (Å²) in [6.45, 7) is 1.07. The fourth-order valence-electron chi connectivity index (χ4n) is 2.59. The number of hydrogen-bond acceptors (Lipinski definition) is 2. The number of rotatable bonds is 7. The molecular formula is C16H21BrN2O3. The number of urea groups is 1. The van der Waals surface area contributed by atoms with Crippen molar-refractivity contribution >= 4 is 27.9 Å². The second-order valence-corrected chi connectivity index (χ2v) is 6.79. The molecule has 120 valence electrons. The first kappa shape index (κ1) is 16.8. The van der Waals surface area contributed by atoms with E-state index in [9.17, 15) is 9.59 Å². The van der Waals surface area contributed by atoms with Crippen molar-refractivity contribution in [3.63, 3.8) is 0 Å². The molecule has 1 aromatic rings. The molecule has 1 aliphatic carbocycles. The van der Waals surface area contributed by atoms with E-state index in [4.69, 9.17) is 5.11 Å². The summed E-state index contributed by atoms with van der Waals surface area (Å²) in [5, 5.41) is 11.3. The molecule has 22 heavy (non-hydrogen) atoms. The lowest BCUT2D eigenvalue weighted by Gasteiger charge is -2.24. The first-order valence-corrected chi connectivity index (χ1v) is 8.19. The zero-order valence-electron chi connectivity index (χ0n) is 12.6. The standard InChI is InChI=1S/C16H21BrN2O3/c1-19(15(22)18-10-2-3-14(20)21)11-16(8-9-16)12-4-6-13(17)7-5-12/h4-7H,2-3,8-11H2,1H3,(H,18,22)(H,20,21). The van der Waals surface area contributed by atoms with Gasteiger partial charge in [0.2, 0.25) is 0 Å². The van der Waals surface area contributed by atoms with Crippen LogP contribution in [0.1, 0.15) is 31.2 Å². The number of likely N-dealkylation sites (N-methyl/N-ethyl adjacent to an activating group) is 1. The lowest BCUT2D eigenvalue weighted by Crippen LogP contribution is -2.41. The Balaban J connectivity index is 1.83. The summed E-state index contributed by atoms with van der Waals surface area (Å²) < 4.78 is 1.05. The monoisotopic (exact) mass is 368 g/mol. The highest BCUT2D eigenvalue weighted by molar-refractivity contribution is 9.10. The van der Waals surface area contributed by atoms with Gasteiger partial charge in [-0.1, -0.05) is 28.1 Å². The minimum atomic E-state index is -0.838. The summed E-state index contributed by atoms with van der Waals surface area (Å²) in [6.07, 6.45) is 2.70. The number of carbonyl (C=O) groups is 2. The van der Waals surface area contributed by atoms with Gasteiger partial charge < -0.3 is 15.3 Å². The van der Waals surface area contributed by atoms with Crippen LogP contribution < -0.4 is 5.32 Å². The van der Waals surface area contributed by atoms with Crippen molar-refractivity contribution in [3.05, 3.63) is 34.3 Å². The summed E-state index contributed by atoms with van der Waals surface area (Å²) in [7, 11) is 1.78. The lowest BCUT2D eigenvalue weighted by molar-refractivity contribution is -0.137. The van der Waals surface area contributed by atoms with Gasteiger partial charge in [-0.25, -0.2) is 4.79 Å². The van der Waals surface area contributed by atoms with Crippen LogP contribution in [0.3, 0.4) is 0 Å². The summed E-state index contributed by atoms with van der Waals surface area (Å²) in [4.78, 5) is 24.2.